The van der Waals surface area contributed by atoms with Crippen molar-refractivity contribution < 1.29 is 29.2 Å². The van der Waals surface area contributed by atoms with Crippen LogP contribution in [-0.2, 0) is 24.0 Å². The van der Waals surface area contributed by atoms with Gasteiger partial charge in [-0.1, -0.05) is 26.0 Å². The number of hydrogen-bond donors (Lipinski definition) is 1. The third-order valence-corrected chi connectivity index (χ3v) is 8.12. The predicted octanol–water partition coefficient (Wildman–Crippen LogP) is 4.37. The number of hydrogen-bond acceptors (Lipinski definition) is 6. The molecule has 4 atom stereocenters. The quantitative estimate of drug-likeness (QED) is 0.317. The summed E-state index contributed by atoms with van der Waals surface area (Å²) in [6, 6.07) is 0. The van der Waals surface area contributed by atoms with Crippen molar-refractivity contribution in [3.63, 3.8) is 0 Å². The maximum absolute atomic E-state index is 13.0. The molecule has 29 heavy (non-hydrogen) atoms. The Morgan fingerprint density at radius 3 is 2.55 bits per heavy atom. The molecule has 0 bridgehead atoms. The number of allylic oxidation sites excluding steroid dienone is 2. The Bertz CT molecular complexity index is 808. The molecule has 0 aliphatic heterocycles. The van der Waals surface area contributed by atoms with Crippen molar-refractivity contribution in [2.24, 2.45) is 16.7 Å². The van der Waals surface area contributed by atoms with Crippen LogP contribution >= 0.6 is 0 Å². The summed E-state index contributed by atoms with van der Waals surface area (Å²) in [7, 11) is 2.70. The molecule has 0 unspecified atom stereocenters. The van der Waals surface area contributed by atoms with Gasteiger partial charge in [-0.05, 0) is 62.9 Å². The maximum Gasteiger partial charge on any atom is 0.338 e. The Labute approximate surface area is 172 Å². The van der Waals surface area contributed by atoms with Crippen LogP contribution in [-0.4, -0.2) is 36.8 Å². The minimum absolute atomic E-state index is 0.101. The molecule has 0 saturated heterocycles. The van der Waals surface area contributed by atoms with Gasteiger partial charge in [0.25, 0.3) is 0 Å². The monoisotopic (exact) mass is 404 g/mol. The Balaban J connectivity index is 2.11. The van der Waals surface area contributed by atoms with Gasteiger partial charge in [-0.3, -0.25) is 10.1 Å². The third-order valence-electron chi connectivity index (χ3n) is 8.12. The van der Waals surface area contributed by atoms with Crippen LogP contribution in [0.5, 0.6) is 0 Å². The standard InChI is InChI=1S/C23H32O6/c1-14-8-7-9-18-21(14,2)10-11-23(4,29-26)22(18,3)13-16-15(20(25)28-6)12-17(27-5)19(16)24/h12,18,26H,1,7-11,13H2,2-6H3/t18-,21+,22+,23-/m1/s1. The third kappa shape index (κ3) is 3.08. The molecule has 0 aromatic heterocycles. The lowest BCUT2D eigenvalue weighted by atomic mass is 9.44. The average Bonchev–Trinajstić information content (AvgIpc) is 3.02. The lowest BCUT2D eigenvalue weighted by molar-refractivity contribution is -0.369. The van der Waals surface area contributed by atoms with Crippen LogP contribution < -0.4 is 0 Å². The molecule has 0 amide bonds. The molecule has 3 rings (SSSR count). The first-order chi connectivity index (χ1) is 13.6. The van der Waals surface area contributed by atoms with E-state index < -0.39 is 17.0 Å². The van der Waals surface area contributed by atoms with E-state index in [4.69, 9.17) is 14.4 Å². The smallest absolute Gasteiger partial charge is 0.338 e. The maximum atomic E-state index is 13.0. The summed E-state index contributed by atoms with van der Waals surface area (Å²) in [5, 5.41) is 9.93. The molecule has 160 valence electrons. The van der Waals surface area contributed by atoms with Crippen molar-refractivity contribution in [1.29, 1.82) is 0 Å². The lowest BCUT2D eigenvalue weighted by Gasteiger charge is -2.62. The van der Waals surface area contributed by atoms with Crippen molar-refractivity contribution in [1.82, 2.24) is 0 Å². The molecule has 0 aromatic carbocycles. The molecule has 2 saturated carbocycles. The van der Waals surface area contributed by atoms with E-state index in [1.54, 1.807) is 0 Å². The van der Waals surface area contributed by atoms with Crippen LogP contribution in [0.4, 0.5) is 0 Å². The second-order valence-electron chi connectivity index (χ2n) is 9.31. The fourth-order valence-electron chi connectivity index (χ4n) is 5.90. The van der Waals surface area contributed by atoms with Crippen molar-refractivity contribution in [2.45, 2.75) is 64.9 Å². The molecule has 6 nitrogen and oxygen atoms in total. The average molecular weight is 405 g/mol. The molecule has 6 heteroatoms. The lowest BCUT2D eigenvalue weighted by Crippen LogP contribution is -2.60. The molecule has 3 aliphatic carbocycles. The minimum atomic E-state index is -0.862. The second-order valence-corrected chi connectivity index (χ2v) is 9.31. The van der Waals surface area contributed by atoms with Crippen LogP contribution in [0.25, 0.3) is 0 Å². The molecular formula is C23H32O6. The van der Waals surface area contributed by atoms with Gasteiger partial charge in [0.15, 0.2) is 5.76 Å². The number of methoxy groups -OCH3 is 2. The van der Waals surface area contributed by atoms with E-state index in [1.165, 1.54) is 25.9 Å². The number of Topliss-reactive ketones (excluding diaryl/α,β-unsaturated/α-hetero) is 1. The molecular weight excluding hydrogens is 372 g/mol. The Hall–Kier alpha value is -1.92. The topological polar surface area (TPSA) is 82.1 Å². The van der Waals surface area contributed by atoms with Crippen LogP contribution in [0, 0.1) is 16.7 Å². The highest BCUT2D eigenvalue weighted by atomic mass is 17.1. The van der Waals surface area contributed by atoms with Gasteiger partial charge in [0.05, 0.1) is 19.8 Å². The van der Waals surface area contributed by atoms with Gasteiger partial charge < -0.3 is 9.47 Å². The molecule has 2 fully saturated rings. The van der Waals surface area contributed by atoms with Gasteiger partial charge >= 0.3 is 5.97 Å². The predicted molar refractivity (Wildman–Crippen MR) is 108 cm³/mol. The molecule has 0 spiro atoms. The number of ketones is 1. The van der Waals surface area contributed by atoms with E-state index in [1.807, 2.05) is 6.92 Å². The number of esters is 1. The summed E-state index contributed by atoms with van der Waals surface area (Å²) in [6.45, 7) is 10.5. The van der Waals surface area contributed by atoms with E-state index in [0.29, 0.717) is 12.0 Å². The van der Waals surface area contributed by atoms with Crippen molar-refractivity contribution >= 4 is 11.8 Å². The molecule has 3 aliphatic rings. The van der Waals surface area contributed by atoms with E-state index in [2.05, 4.69) is 20.4 Å². The number of fused-ring (bicyclic) bond motifs is 1. The normalized spacial score (nSPS) is 37.3. The van der Waals surface area contributed by atoms with Crippen molar-refractivity contribution in [3.8, 4) is 0 Å². The van der Waals surface area contributed by atoms with E-state index >= 15 is 0 Å². The molecule has 0 aromatic rings. The zero-order valence-corrected chi connectivity index (χ0v) is 18.1. The highest BCUT2D eigenvalue weighted by molar-refractivity contribution is 6.17. The first kappa shape index (κ1) is 21.8. The summed E-state index contributed by atoms with van der Waals surface area (Å²) in [5.41, 5.74) is 0.239. The number of carbonyl (C=O) groups is 2. The van der Waals surface area contributed by atoms with E-state index in [-0.39, 0.29) is 34.9 Å². The summed E-state index contributed by atoms with van der Waals surface area (Å²) in [6.07, 6.45) is 6.17. The van der Waals surface area contributed by atoms with Crippen molar-refractivity contribution in [3.05, 3.63) is 35.1 Å². The summed E-state index contributed by atoms with van der Waals surface area (Å²) >= 11 is 0. The van der Waals surface area contributed by atoms with Crippen LogP contribution in [0.2, 0.25) is 0 Å². The summed E-state index contributed by atoms with van der Waals surface area (Å²) in [5.74, 6) is -0.603. The van der Waals surface area contributed by atoms with Gasteiger partial charge in [-0.2, -0.15) is 0 Å². The van der Waals surface area contributed by atoms with Crippen LogP contribution in [0.3, 0.4) is 0 Å². The number of carbonyl (C=O) groups excluding carboxylic acids is 2. The summed E-state index contributed by atoms with van der Waals surface area (Å²) in [4.78, 5) is 30.5. The summed E-state index contributed by atoms with van der Waals surface area (Å²) < 4.78 is 10.1. The highest BCUT2D eigenvalue weighted by Crippen LogP contribution is 2.65. The largest absolute Gasteiger partial charge is 0.493 e. The fourth-order valence-corrected chi connectivity index (χ4v) is 5.90. The zero-order chi connectivity index (χ0) is 21.6. The van der Waals surface area contributed by atoms with Crippen LogP contribution in [0.15, 0.2) is 35.1 Å². The molecule has 1 N–H and O–H groups in total. The van der Waals surface area contributed by atoms with Crippen LogP contribution in [0.1, 0.15) is 59.3 Å². The fraction of sp³-hybridized carbons (Fsp3) is 0.652. The minimum Gasteiger partial charge on any atom is -0.493 e. The van der Waals surface area contributed by atoms with Gasteiger partial charge in [-0.15, -0.1) is 0 Å². The van der Waals surface area contributed by atoms with Crippen molar-refractivity contribution in [2.75, 3.05) is 14.2 Å². The van der Waals surface area contributed by atoms with Gasteiger partial charge in [0.1, 0.15) is 5.60 Å². The molecule has 0 radical (unpaired) electrons. The molecule has 0 heterocycles. The van der Waals surface area contributed by atoms with Gasteiger partial charge in [-0.25, -0.2) is 9.68 Å². The highest BCUT2D eigenvalue weighted by Gasteiger charge is 2.62. The number of rotatable bonds is 5. The Kier molecular flexibility index (Phi) is 5.56. The first-order valence-corrected chi connectivity index (χ1v) is 10.2. The van der Waals surface area contributed by atoms with E-state index in [9.17, 15) is 14.8 Å². The first-order valence-electron chi connectivity index (χ1n) is 10.2. The van der Waals surface area contributed by atoms with Gasteiger partial charge in [0.2, 0.25) is 5.78 Å². The van der Waals surface area contributed by atoms with E-state index in [0.717, 1.165) is 25.7 Å². The van der Waals surface area contributed by atoms with Gasteiger partial charge in [0, 0.05) is 11.0 Å². The Morgan fingerprint density at radius 2 is 1.97 bits per heavy atom. The zero-order valence-electron chi connectivity index (χ0n) is 18.1. The second kappa shape index (κ2) is 7.40. The Morgan fingerprint density at radius 1 is 1.28 bits per heavy atom. The SMILES string of the molecule is C=C1CCC[C@@H]2[C@@]1(C)CC[C@@](C)(OO)[C@@]2(C)CC1=C(C(=O)OC)C=C(OC)C1=O. The number of ether oxygens (including phenoxy) is 2.